The molecule has 0 atom stereocenters. The molecule has 7 heteroatoms. The summed E-state index contributed by atoms with van der Waals surface area (Å²) >= 11 is 1.13. The Balaban J connectivity index is 3.22. The second-order valence-electron chi connectivity index (χ2n) is 2.89. The highest BCUT2D eigenvalue weighted by Crippen LogP contribution is 2.30. The molecule has 0 saturated heterocycles. The zero-order valence-corrected chi connectivity index (χ0v) is 9.25. The molecule has 0 unspecified atom stereocenters. The molecular formula is C9H10F3N3S. The van der Waals surface area contributed by atoms with Crippen molar-refractivity contribution in [1.82, 2.24) is 4.98 Å². The maximum absolute atomic E-state index is 12.4. The van der Waals surface area contributed by atoms with Crippen LogP contribution < -0.4 is 5.73 Å². The monoisotopic (exact) mass is 249 g/mol. The van der Waals surface area contributed by atoms with E-state index in [1.807, 2.05) is 0 Å². The number of pyridine rings is 1. The number of amidine groups is 1. The number of nitrogens with two attached hydrogens (primary N) is 1. The second kappa shape index (κ2) is 4.73. The van der Waals surface area contributed by atoms with Gasteiger partial charge in [-0.05, 0) is 17.9 Å². The van der Waals surface area contributed by atoms with Crippen molar-refractivity contribution in [3.63, 3.8) is 0 Å². The number of thioether (sulfide) groups is 1. The predicted octanol–water partition coefficient (Wildman–Crippen LogP) is 2.50. The summed E-state index contributed by atoms with van der Waals surface area (Å²) in [6.07, 6.45) is -4.47. The Hall–Kier alpha value is -1.24. The molecule has 0 aliphatic heterocycles. The van der Waals surface area contributed by atoms with Gasteiger partial charge < -0.3 is 5.73 Å². The van der Waals surface area contributed by atoms with Gasteiger partial charge in [0.15, 0.2) is 0 Å². The molecule has 0 aromatic carbocycles. The molecule has 0 radical (unpaired) electrons. The van der Waals surface area contributed by atoms with Crippen LogP contribution in [-0.2, 0) is 6.18 Å². The molecule has 1 heterocycles. The Labute approximate surface area is 94.8 Å². The van der Waals surface area contributed by atoms with Gasteiger partial charge in [0.2, 0.25) is 0 Å². The first kappa shape index (κ1) is 12.8. The maximum Gasteiger partial charge on any atom is 0.433 e. The molecular weight excluding hydrogens is 239 g/mol. The van der Waals surface area contributed by atoms with Gasteiger partial charge in [-0.2, -0.15) is 13.2 Å². The maximum atomic E-state index is 12.4. The molecule has 0 amide bonds. The third kappa shape index (κ3) is 2.88. The highest BCUT2D eigenvalue weighted by molar-refractivity contribution is 7.99. The molecule has 1 rings (SSSR count). The third-order valence-electron chi connectivity index (χ3n) is 1.72. The summed E-state index contributed by atoms with van der Waals surface area (Å²) in [6.45, 7) is 1.79. The van der Waals surface area contributed by atoms with Crippen molar-refractivity contribution in [2.75, 3.05) is 5.75 Å². The van der Waals surface area contributed by atoms with Crippen LogP contribution in [0.3, 0.4) is 0 Å². The van der Waals surface area contributed by atoms with Crippen LogP contribution in [0.4, 0.5) is 13.2 Å². The van der Waals surface area contributed by atoms with E-state index in [0.717, 1.165) is 17.8 Å². The highest BCUT2D eigenvalue weighted by Gasteiger charge is 2.33. The third-order valence-corrected chi connectivity index (χ3v) is 2.60. The average molecular weight is 249 g/mol. The lowest BCUT2D eigenvalue weighted by Gasteiger charge is -2.10. The van der Waals surface area contributed by atoms with Gasteiger partial charge in [0.25, 0.3) is 0 Å². The number of hydrogen-bond acceptors (Lipinski definition) is 3. The van der Waals surface area contributed by atoms with Crippen LogP contribution in [0, 0.1) is 5.41 Å². The fourth-order valence-corrected chi connectivity index (χ4v) is 1.82. The van der Waals surface area contributed by atoms with Gasteiger partial charge in [0.1, 0.15) is 16.6 Å². The molecule has 0 spiro atoms. The molecule has 0 aliphatic rings. The summed E-state index contributed by atoms with van der Waals surface area (Å²) in [5.41, 5.74) is 4.52. The van der Waals surface area contributed by atoms with E-state index in [4.69, 9.17) is 11.1 Å². The quantitative estimate of drug-likeness (QED) is 0.491. The number of nitrogen functional groups attached to an aromatic ring is 1. The minimum Gasteiger partial charge on any atom is -0.384 e. The molecule has 3 N–H and O–H groups in total. The lowest BCUT2D eigenvalue weighted by molar-refractivity contribution is -0.141. The largest absolute Gasteiger partial charge is 0.433 e. The van der Waals surface area contributed by atoms with E-state index in [1.54, 1.807) is 6.92 Å². The first-order valence-corrected chi connectivity index (χ1v) is 5.40. The van der Waals surface area contributed by atoms with Crippen LogP contribution in [0.2, 0.25) is 0 Å². The summed E-state index contributed by atoms with van der Waals surface area (Å²) in [4.78, 5) is 3.47. The van der Waals surface area contributed by atoms with Crippen molar-refractivity contribution in [1.29, 1.82) is 5.41 Å². The standard InChI is InChI=1S/C9H10F3N3S/c1-2-16-8-5(7(13)14)3-4-6(15-8)9(10,11)12/h3-4H,2H2,1H3,(H3,13,14). The zero-order chi connectivity index (χ0) is 12.3. The van der Waals surface area contributed by atoms with E-state index < -0.39 is 11.9 Å². The number of nitrogens with one attached hydrogen (secondary N) is 1. The molecule has 88 valence electrons. The first-order valence-electron chi connectivity index (χ1n) is 4.41. The van der Waals surface area contributed by atoms with Crippen LogP contribution in [0.5, 0.6) is 0 Å². The van der Waals surface area contributed by atoms with Crippen molar-refractivity contribution in [3.05, 3.63) is 23.4 Å². The molecule has 3 nitrogen and oxygen atoms in total. The van der Waals surface area contributed by atoms with Gasteiger partial charge in [0, 0.05) is 5.56 Å². The van der Waals surface area contributed by atoms with Crippen LogP contribution in [0.25, 0.3) is 0 Å². The minimum atomic E-state index is -4.47. The topological polar surface area (TPSA) is 62.8 Å². The van der Waals surface area contributed by atoms with Crippen LogP contribution in [0.1, 0.15) is 18.2 Å². The Bertz CT molecular complexity index is 403. The van der Waals surface area contributed by atoms with E-state index in [1.165, 1.54) is 6.07 Å². The lowest BCUT2D eigenvalue weighted by Crippen LogP contribution is -2.16. The average Bonchev–Trinajstić information content (AvgIpc) is 2.16. The second-order valence-corrected chi connectivity index (χ2v) is 4.15. The molecule has 0 bridgehead atoms. The van der Waals surface area contributed by atoms with Gasteiger partial charge in [-0.1, -0.05) is 6.92 Å². The molecule has 0 fully saturated rings. The summed E-state index contributed by atoms with van der Waals surface area (Å²) in [7, 11) is 0. The Kier molecular flexibility index (Phi) is 3.79. The number of aromatic nitrogens is 1. The summed E-state index contributed by atoms with van der Waals surface area (Å²) in [6, 6.07) is 2.01. The normalized spacial score (nSPS) is 11.5. The predicted molar refractivity (Wildman–Crippen MR) is 56.7 cm³/mol. The highest BCUT2D eigenvalue weighted by atomic mass is 32.2. The van der Waals surface area contributed by atoms with Crippen LogP contribution >= 0.6 is 11.8 Å². The SMILES string of the molecule is CCSc1nc(C(F)(F)F)ccc1C(=N)N. The van der Waals surface area contributed by atoms with Gasteiger partial charge in [-0.3, -0.25) is 5.41 Å². The van der Waals surface area contributed by atoms with Gasteiger partial charge in [-0.25, -0.2) is 4.98 Å². The lowest BCUT2D eigenvalue weighted by atomic mass is 10.2. The summed E-state index contributed by atoms with van der Waals surface area (Å²) < 4.78 is 37.2. The van der Waals surface area contributed by atoms with E-state index >= 15 is 0 Å². The van der Waals surface area contributed by atoms with E-state index in [-0.39, 0.29) is 16.4 Å². The number of hydrogen-bond donors (Lipinski definition) is 2. The van der Waals surface area contributed by atoms with E-state index in [9.17, 15) is 13.2 Å². The Morgan fingerprint density at radius 1 is 1.50 bits per heavy atom. The summed E-state index contributed by atoms with van der Waals surface area (Å²) in [5.74, 6) is 0.284. The van der Waals surface area contributed by atoms with Crippen molar-refractivity contribution in [2.45, 2.75) is 18.1 Å². The first-order chi connectivity index (χ1) is 7.36. The fraction of sp³-hybridized carbons (Fsp3) is 0.333. The smallest absolute Gasteiger partial charge is 0.384 e. The molecule has 16 heavy (non-hydrogen) atoms. The van der Waals surface area contributed by atoms with Crippen molar-refractivity contribution in [2.24, 2.45) is 5.73 Å². The number of alkyl halides is 3. The minimum absolute atomic E-state index is 0.143. The van der Waals surface area contributed by atoms with Crippen LogP contribution in [-0.4, -0.2) is 16.6 Å². The van der Waals surface area contributed by atoms with E-state index in [2.05, 4.69) is 4.98 Å². The number of rotatable bonds is 3. The Morgan fingerprint density at radius 2 is 2.12 bits per heavy atom. The molecule has 1 aromatic heterocycles. The van der Waals surface area contributed by atoms with Crippen molar-refractivity contribution in [3.8, 4) is 0 Å². The zero-order valence-electron chi connectivity index (χ0n) is 8.43. The van der Waals surface area contributed by atoms with Gasteiger partial charge >= 0.3 is 6.18 Å². The van der Waals surface area contributed by atoms with Gasteiger partial charge in [0.05, 0.1) is 0 Å². The van der Waals surface area contributed by atoms with Crippen LogP contribution in [0.15, 0.2) is 17.2 Å². The Morgan fingerprint density at radius 3 is 2.56 bits per heavy atom. The number of nitrogens with zero attached hydrogens (tertiary/aromatic N) is 1. The number of halogens is 3. The van der Waals surface area contributed by atoms with Crippen molar-refractivity contribution >= 4 is 17.6 Å². The fourth-order valence-electron chi connectivity index (χ4n) is 1.05. The van der Waals surface area contributed by atoms with Gasteiger partial charge in [-0.15, -0.1) is 11.8 Å². The molecule has 0 aliphatic carbocycles. The molecule has 0 saturated carbocycles. The molecule has 1 aromatic rings. The van der Waals surface area contributed by atoms with Crippen molar-refractivity contribution < 1.29 is 13.2 Å². The summed E-state index contributed by atoms with van der Waals surface area (Å²) in [5, 5.41) is 7.37. The van der Waals surface area contributed by atoms with E-state index in [0.29, 0.717) is 5.75 Å².